The fourth-order valence-corrected chi connectivity index (χ4v) is 0.900. The number of nitrogens with one attached hydrogen (secondary N) is 2. The minimum Gasteiger partial charge on any atom is -0.359 e. The van der Waals surface area contributed by atoms with Crippen molar-refractivity contribution in [2.24, 2.45) is 0 Å². The molecular formula is C9H18N2O2. The lowest BCUT2D eigenvalue weighted by atomic mass is 10.2. The van der Waals surface area contributed by atoms with Crippen LogP contribution in [0.1, 0.15) is 32.6 Å². The number of carbonyl (C=O) groups excluding carboxylic acids is 2. The number of rotatable bonds is 6. The Morgan fingerprint density at radius 2 is 1.85 bits per heavy atom. The first kappa shape index (κ1) is 11.9. The Hall–Kier alpha value is -1.06. The van der Waals surface area contributed by atoms with Crippen LogP contribution in [0.15, 0.2) is 0 Å². The second-order valence-corrected chi connectivity index (χ2v) is 2.91. The third kappa shape index (κ3) is 7.31. The van der Waals surface area contributed by atoms with Gasteiger partial charge in [-0.2, -0.15) is 0 Å². The largest absolute Gasteiger partial charge is 0.359 e. The molecule has 0 aromatic heterocycles. The number of amides is 2. The molecule has 0 fully saturated rings. The van der Waals surface area contributed by atoms with E-state index >= 15 is 0 Å². The summed E-state index contributed by atoms with van der Waals surface area (Å²) >= 11 is 0. The van der Waals surface area contributed by atoms with E-state index in [-0.39, 0.29) is 18.2 Å². The van der Waals surface area contributed by atoms with Crippen LogP contribution in [0.3, 0.4) is 0 Å². The summed E-state index contributed by atoms with van der Waals surface area (Å²) in [6.07, 6.45) is 3.16. The molecular weight excluding hydrogens is 168 g/mol. The number of hydrogen-bond donors (Lipinski definition) is 2. The molecule has 0 saturated carbocycles. The lowest BCUT2D eigenvalue weighted by Crippen LogP contribution is -2.30. The molecule has 0 bridgehead atoms. The van der Waals surface area contributed by atoms with Gasteiger partial charge in [-0.3, -0.25) is 9.59 Å². The smallest absolute Gasteiger partial charge is 0.229 e. The second-order valence-electron chi connectivity index (χ2n) is 2.91. The summed E-state index contributed by atoms with van der Waals surface area (Å²) in [6, 6.07) is 0. The van der Waals surface area contributed by atoms with E-state index in [2.05, 4.69) is 17.6 Å². The van der Waals surface area contributed by atoms with E-state index in [1.54, 1.807) is 0 Å². The van der Waals surface area contributed by atoms with Crippen molar-refractivity contribution in [2.75, 3.05) is 13.6 Å². The first-order chi connectivity index (χ1) is 6.20. The lowest BCUT2D eigenvalue weighted by molar-refractivity contribution is -0.128. The third-order valence-electron chi connectivity index (χ3n) is 1.70. The molecule has 76 valence electrons. The van der Waals surface area contributed by atoms with Crippen LogP contribution >= 0.6 is 0 Å². The topological polar surface area (TPSA) is 58.2 Å². The molecule has 0 unspecified atom stereocenters. The van der Waals surface area contributed by atoms with Gasteiger partial charge in [-0.1, -0.05) is 19.8 Å². The van der Waals surface area contributed by atoms with Crippen molar-refractivity contribution < 1.29 is 9.59 Å². The van der Waals surface area contributed by atoms with E-state index in [4.69, 9.17) is 0 Å². The fourth-order valence-electron chi connectivity index (χ4n) is 0.900. The predicted molar refractivity (Wildman–Crippen MR) is 51.2 cm³/mol. The molecule has 0 atom stereocenters. The Morgan fingerprint density at radius 1 is 1.15 bits per heavy atom. The number of hydrogen-bond acceptors (Lipinski definition) is 2. The van der Waals surface area contributed by atoms with Crippen LogP contribution in [0.2, 0.25) is 0 Å². The predicted octanol–water partition coefficient (Wildman–Crippen LogP) is 0.429. The van der Waals surface area contributed by atoms with Crippen molar-refractivity contribution >= 4 is 11.8 Å². The van der Waals surface area contributed by atoms with Gasteiger partial charge in [0.05, 0.1) is 0 Å². The zero-order chi connectivity index (χ0) is 10.1. The van der Waals surface area contributed by atoms with Crippen LogP contribution in [0, 0.1) is 0 Å². The molecule has 0 aromatic carbocycles. The van der Waals surface area contributed by atoms with Gasteiger partial charge in [0.15, 0.2) is 0 Å². The van der Waals surface area contributed by atoms with E-state index in [1.807, 2.05) is 0 Å². The van der Waals surface area contributed by atoms with Crippen molar-refractivity contribution in [3.05, 3.63) is 0 Å². The standard InChI is InChI=1S/C9H18N2O2/c1-3-4-5-6-11-9(13)7-8(12)10-2/h3-7H2,1-2H3,(H,10,12)(H,11,13). The van der Waals surface area contributed by atoms with Crippen molar-refractivity contribution in [1.29, 1.82) is 0 Å². The Balaban J connectivity index is 3.35. The normalized spacial score (nSPS) is 9.38. The van der Waals surface area contributed by atoms with Crippen molar-refractivity contribution in [2.45, 2.75) is 32.6 Å². The van der Waals surface area contributed by atoms with Crippen LogP contribution in [0.5, 0.6) is 0 Å². The van der Waals surface area contributed by atoms with Crippen LogP contribution in [-0.2, 0) is 9.59 Å². The van der Waals surface area contributed by atoms with Crippen molar-refractivity contribution in [1.82, 2.24) is 10.6 Å². The van der Waals surface area contributed by atoms with E-state index in [9.17, 15) is 9.59 Å². The van der Waals surface area contributed by atoms with Crippen LogP contribution in [0.25, 0.3) is 0 Å². The number of unbranched alkanes of at least 4 members (excludes halogenated alkanes) is 2. The Kier molecular flexibility index (Phi) is 6.96. The molecule has 0 rings (SSSR count). The van der Waals surface area contributed by atoms with Crippen molar-refractivity contribution in [3.63, 3.8) is 0 Å². The van der Waals surface area contributed by atoms with Gasteiger partial charge in [0.25, 0.3) is 0 Å². The van der Waals surface area contributed by atoms with Gasteiger partial charge in [0.2, 0.25) is 11.8 Å². The molecule has 0 heterocycles. The summed E-state index contributed by atoms with van der Waals surface area (Å²) < 4.78 is 0. The van der Waals surface area contributed by atoms with Gasteiger partial charge in [0.1, 0.15) is 6.42 Å². The lowest BCUT2D eigenvalue weighted by Gasteiger charge is -2.03. The van der Waals surface area contributed by atoms with E-state index in [1.165, 1.54) is 7.05 Å². The molecule has 0 saturated heterocycles. The molecule has 0 aliphatic rings. The second kappa shape index (κ2) is 7.58. The first-order valence-electron chi connectivity index (χ1n) is 4.68. The highest BCUT2D eigenvalue weighted by atomic mass is 16.2. The summed E-state index contributed by atoms with van der Waals surface area (Å²) in [5.41, 5.74) is 0. The monoisotopic (exact) mass is 186 g/mol. The van der Waals surface area contributed by atoms with Gasteiger partial charge < -0.3 is 10.6 Å². The summed E-state index contributed by atoms with van der Waals surface area (Å²) in [5, 5.41) is 5.08. The SMILES string of the molecule is CCCCCNC(=O)CC(=O)NC. The zero-order valence-electron chi connectivity index (χ0n) is 8.35. The van der Waals surface area contributed by atoms with E-state index in [0.717, 1.165) is 19.3 Å². The maximum absolute atomic E-state index is 11.0. The van der Waals surface area contributed by atoms with Crippen molar-refractivity contribution in [3.8, 4) is 0 Å². The number of carbonyl (C=O) groups is 2. The molecule has 0 aromatic rings. The van der Waals surface area contributed by atoms with Crippen LogP contribution in [-0.4, -0.2) is 25.4 Å². The summed E-state index contributed by atoms with van der Waals surface area (Å²) in [5.74, 6) is -0.441. The molecule has 0 radical (unpaired) electrons. The molecule has 2 N–H and O–H groups in total. The Bertz CT molecular complexity index is 169. The highest BCUT2D eigenvalue weighted by molar-refractivity contribution is 5.96. The maximum Gasteiger partial charge on any atom is 0.229 e. The molecule has 0 aliphatic heterocycles. The zero-order valence-corrected chi connectivity index (χ0v) is 8.35. The third-order valence-corrected chi connectivity index (χ3v) is 1.70. The summed E-state index contributed by atoms with van der Waals surface area (Å²) in [6.45, 7) is 2.77. The summed E-state index contributed by atoms with van der Waals surface area (Å²) in [7, 11) is 1.52. The average molecular weight is 186 g/mol. The highest BCUT2D eigenvalue weighted by Crippen LogP contribution is 1.91. The Morgan fingerprint density at radius 3 is 2.38 bits per heavy atom. The van der Waals surface area contributed by atoms with Gasteiger partial charge in [0, 0.05) is 13.6 Å². The van der Waals surface area contributed by atoms with Crippen LogP contribution < -0.4 is 10.6 Å². The maximum atomic E-state index is 11.0. The van der Waals surface area contributed by atoms with Gasteiger partial charge in [-0.15, -0.1) is 0 Å². The van der Waals surface area contributed by atoms with Gasteiger partial charge in [-0.05, 0) is 6.42 Å². The minimum atomic E-state index is -0.243. The molecule has 4 nitrogen and oxygen atoms in total. The van der Waals surface area contributed by atoms with Gasteiger partial charge >= 0.3 is 0 Å². The van der Waals surface area contributed by atoms with E-state index < -0.39 is 0 Å². The summed E-state index contributed by atoms with van der Waals surface area (Å²) in [4.78, 5) is 21.7. The molecule has 13 heavy (non-hydrogen) atoms. The quantitative estimate of drug-likeness (QED) is 0.467. The van der Waals surface area contributed by atoms with E-state index in [0.29, 0.717) is 6.54 Å². The first-order valence-corrected chi connectivity index (χ1v) is 4.68. The average Bonchev–Trinajstić information content (AvgIpc) is 2.12. The molecule has 4 heteroatoms. The molecule has 0 aliphatic carbocycles. The fraction of sp³-hybridized carbons (Fsp3) is 0.778. The minimum absolute atomic E-state index is 0.0668. The van der Waals surface area contributed by atoms with Gasteiger partial charge in [-0.25, -0.2) is 0 Å². The van der Waals surface area contributed by atoms with Crippen LogP contribution in [0.4, 0.5) is 0 Å². The molecule has 0 spiro atoms. The molecule has 2 amide bonds. The highest BCUT2D eigenvalue weighted by Gasteiger charge is 2.05. The Labute approximate surface area is 79.1 Å².